The first-order valence-electron chi connectivity index (χ1n) is 12.6. The van der Waals surface area contributed by atoms with Gasteiger partial charge in [0.05, 0.1) is 19.8 Å². The number of carbonyl (C=O) groups excluding carboxylic acids is 2. The molecule has 2 rings (SSSR count). The van der Waals surface area contributed by atoms with Crippen LogP contribution in [0, 0.1) is 0 Å². The molecule has 2 aliphatic rings. The van der Waals surface area contributed by atoms with E-state index < -0.39 is 92.7 Å². The summed E-state index contributed by atoms with van der Waals surface area (Å²) < 4.78 is 32.0. The first-order chi connectivity index (χ1) is 18.0. The second-order valence-corrected chi connectivity index (χ2v) is 9.17. The molecule has 2 saturated heterocycles. The van der Waals surface area contributed by atoms with Crippen LogP contribution in [0.15, 0.2) is 0 Å². The molecule has 0 aromatic carbocycles. The van der Waals surface area contributed by atoms with Gasteiger partial charge in [-0.3, -0.25) is 9.59 Å². The van der Waals surface area contributed by atoms with E-state index >= 15 is 0 Å². The van der Waals surface area contributed by atoms with E-state index in [1.165, 1.54) is 0 Å². The Morgan fingerprint density at radius 1 is 0.711 bits per heavy atom. The van der Waals surface area contributed by atoms with Crippen LogP contribution in [0.2, 0.25) is 0 Å². The van der Waals surface area contributed by atoms with Crippen molar-refractivity contribution >= 4 is 11.9 Å². The number of aliphatic hydroxyl groups excluding tert-OH is 7. The van der Waals surface area contributed by atoms with Crippen LogP contribution < -0.4 is 0 Å². The number of hydrogen-bond donors (Lipinski definition) is 7. The van der Waals surface area contributed by atoms with Gasteiger partial charge in [0, 0.05) is 12.8 Å². The molecule has 38 heavy (non-hydrogen) atoms. The van der Waals surface area contributed by atoms with Gasteiger partial charge in [0.25, 0.3) is 0 Å². The summed E-state index contributed by atoms with van der Waals surface area (Å²) in [6.07, 6.45) is -15.4. The Balaban J connectivity index is 1.99. The predicted molar refractivity (Wildman–Crippen MR) is 123 cm³/mol. The molecule has 2 heterocycles. The normalized spacial score (nSPS) is 36.4. The van der Waals surface area contributed by atoms with Crippen LogP contribution in [0.1, 0.15) is 39.5 Å². The van der Waals surface area contributed by atoms with Crippen molar-refractivity contribution in [3.8, 4) is 0 Å². The van der Waals surface area contributed by atoms with E-state index in [-0.39, 0.29) is 26.1 Å². The molecule has 15 nitrogen and oxygen atoms in total. The zero-order chi connectivity index (χ0) is 28.4. The van der Waals surface area contributed by atoms with Gasteiger partial charge >= 0.3 is 11.9 Å². The third-order valence-electron chi connectivity index (χ3n) is 6.02. The minimum atomic E-state index is -1.75. The highest BCUT2D eigenvalue weighted by Crippen LogP contribution is 2.26. The van der Waals surface area contributed by atoms with Gasteiger partial charge in [0.15, 0.2) is 18.7 Å². The summed E-state index contributed by atoms with van der Waals surface area (Å²) in [5, 5.41) is 70.1. The molecular weight excluding hydrogens is 516 g/mol. The molecule has 15 heteroatoms. The third kappa shape index (κ3) is 9.02. The summed E-state index contributed by atoms with van der Waals surface area (Å²) >= 11 is 0. The van der Waals surface area contributed by atoms with Crippen LogP contribution in [0.4, 0.5) is 0 Å². The molecule has 7 N–H and O–H groups in total. The van der Waals surface area contributed by atoms with Gasteiger partial charge in [-0.2, -0.15) is 0 Å². The molecule has 0 amide bonds. The average Bonchev–Trinajstić information content (AvgIpc) is 2.89. The number of rotatable bonds is 14. The first kappa shape index (κ1) is 32.7. The fraction of sp³-hybridized carbons (Fsp3) is 0.913. The quantitative estimate of drug-likeness (QED) is 0.104. The van der Waals surface area contributed by atoms with Gasteiger partial charge in [-0.25, -0.2) is 0 Å². The number of aliphatic hydroxyl groups is 7. The lowest BCUT2D eigenvalue weighted by Crippen LogP contribution is -2.61. The largest absolute Gasteiger partial charge is 0.462 e. The fourth-order valence-corrected chi connectivity index (χ4v) is 3.82. The molecule has 11 unspecified atom stereocenters. The molecule has 2 fully saturated rings. The maximum atomic E-state index is 12.0. The van der Waals surface area contributed by atoms with Crippen molar-refractivity contribution in [2.24, 2.45) is 0 Å². The maximum Gasteiger partial charge on any atom is 0.306 e. The Morgan fingerprint density at radius 2 is 1.24 bits per heavy atom. The summed E-state index contributed by atoms with van der Waals surface area (Å²) in [6, 6.07) is 0. The SMILES string of the molecule is CCCC(=O)OCC(COC1OC(COC2OC(CO)C(O)C(O)C2O)C(O)C(O)C1O)OC(=O)CCC. The van der Waals surface area contributed by atoms with Gasteiger partial charge in [0.2, 0.25) is 0 Å². The van der Waals surface area contributed by atoms with Gasteiger partial charge in [-0.1, -0.05) is 13.8 Å². The van der Waals surface area contributed by atoms with Crippen LogP contribution in [-0.2, 0) is 38.0 Å². The molecule has 222 valence electrons. The van der Waals surface area contributed by atoms with Crippen molar-refractivity contribution in [1.82, 2.24) is 0 Å². The number of esters is 2. The van der Waals surface area contributed by atoms with Crippen molar-refractivity contribution in [2.75, 3.05) is 26.4 Å². The van der Waals surface area contributed by atoms with E-state index in [9.17, 15) is 45.3 Å². The fourth-order valence-electron chi connectivity index (χ4n) is 3.82. The van der Waals surface area contributed by atoms with Crippen molar-refractivity contribution in [1.29, 1.82) is 0 Å². The Kier molecular flexibility index (Phi) is 13.7. The molecular formula is C23H40O15. The Bertz CT molecular complexity index is 721. The lowest BCUT2D eigenvalue weighted by Gasteiger charge is -2.42. The Labute approximate surface area is 219 Å². The van der Waals surface area contributed by atoms with E-state index in [0.717, 1.165) is 0 Å². The highest BCUT2D eigenvalue weighted by Gasteiger charge is 2.47. The van der Waals surface area contributed by atoms with Gasteiger partial charge in [-0.15, -0.1) is 0 Å². The Morgan fingerprint density at radius 3 is 1.82 bits per heavy atom. The third-order valence-corrected chi connectivity index (χ3v) is 6.02. The van der Waals surface area contributed by atoms with Gasteiger partial charge in [-0.05, 0) is 12.8 Å². The average molecular weight is 557 g/mol. The number of ether oxygens (including phenoxy) is 6. The van der Waals surface area contributed by atoms with Gasteiger partial charge in [0.1, 0.15) is 55.4 Å². The second kappa shape index (κ2) is 15.9. The zero-order valence-corrected chi connectivity index (χ0v) is 21.4. The molecule has 2 aliphatic heterocycles. The second-order valence-electron chi connectivity index (χ2n) is 9.17. The van der Waals surface area contributed by atoms with Crippen LogP contribution in [0.3, 0.4) is 0 Å². The van der Waals surface area contributed by atoms with Crippen LogP contribution in [0.5, 0.6) is 0 Å². The molecule has 0 bridgehead atoms. The van der Waals surface area contributed by atoms with Gasteiger partial charge < -0.3 is 64.2 Å². The summed E-state index contributed by atoms with van der Waals surface area (Å²) in [5.74, 6) is -1.05. The van der Waals surface area contributed by atoms with Crippen LogP contribution in [-0.4, -0.2) is 142 Å². The Hall–Kier alpha value is -1.50. The van der Waals surface area contributed by atoms with E-state index in [1.807, 2.05) is 0 Å². The first-order valence-corrected chi connectivity index (χ1v) is 12.6. The zero-order valence-electron chi connectivity index (χ0n) is 21.4. The van der Waals surface area contributed by atoms with E-state index in [2.05, 4.69) is 0 Å². The molecule has 0 saturated carbocycles. The number of hydrogen-bond acceptors (Lipinski definition) is 15. The van der Waals surface area contributed by atoms with Crippen molar-refractivity contribution in [3.63, 3.8) is 0 Å². The monoisotopic (exact) mass is 556 g/mol. The minimum absolute atomic E-state index is 0.115. The molecule has 0 radical (unpaired) electrons. The highest BCUT2D eigenvalue weighted by atomic mass is 16.7. The molecule has 0 aromatic rings. The highest BCUT2D eigenvalue weighted by molar-refractivity contribution is 5.70. The predicted octanol–water partition coefficient (Wildman–Crippen LogP) is -3.32. The number of carbonyl (C=O) groups is 2. The van der Waals surface area contributed by atoms with Crippen LogP contribution >= 0.6 is 0 Å². The summed E-state index contributed by atoms with van der Waals surface area (Å²) in [6.45, 7) is 1.66. The lowest BCUT2D eigenvalue weighted by molar-refractivity contribution is -0.332. The van der Waals surface area contributed by atoms with Crippen molar-refractivity contribution in [2.45, 2.75) is 107 Å². The molecule has 11 atom stereocenters. The van der Waals surface area contributed by atoms with Crippen molar-refractivity contribution < 1.29 is 73.8 Å². The summed E-state index contributed by atoms with van der Waals surface area (Å²) in [7, 11) is 0. The van der Waals surface area contributed by atoms with E-state index in [1.54, 1.807) is 13.8 Å². The molecule has 0 aromatic heterocycles. The summed E-state index contributed by atoms with van der Waals surface area (Å²) in [4.78, 5) is 23.7. The summed E-state index contributed by atoms with van der Waals surface area (Å²) in [5.41, 5.74) is 0. The molecule has 0 aliphatic carbocycles. The van der Waals surface area contributed by atoms with Crippen LogP contribution in [0.25, 0.3) is 0 Å². The standard InChI is InChI=1S/C23H40O15/c1-3-5-14(25)33-8-11(36-15(26)6-4-2)9-34-22-21(32)19(30)17(28)13(38-22)10-35-23-20(31)18(29)16(27)12(7-24)37-23/h11-13,16-24,27-32H,3-10H2,1-2H3. The molecule has 0 spiro atoms. The topological polar surface area (TPSA) is 231 Å². The van der Waals surface area contributed by atoms with Crippen molar-refractivity contribution in [3.05, 3.63) is 0 Å². The smallest absolute Gasteiger partial charge is 0.306 e. The maximum absolute atomic E-state index is 12.0. The van der Waals surface area contributed by atoms with E-state index in [0.29, 0.717) is 12.8 Å². The minimum Gasteiger partial charge on any atom is -0.462 e. The lowest BCUT2D eigenvalue weighted by atomic mass is 9.98. The van der Waals surface area contributed by atoms with E-state index in [4.69, 9.17) is 28.4 Å².